The summed E-state index contributed by atoms with van der Waals surface area (Å²) in [6, 6.07) is 12.5. The summed E-state index contributed by atoms with van der Waals surface area (Å²) in [4.78, 5) is 24.0. The maximum absolute atomic E-state index is 12.0. The van der Waals surface area contributed by atoms with E-state index in [9.17, 15) is 9.59 Å². The van der Waals surface area contributed by atoms with Gasteiger partial charge in [0, 0.05) is 30.1 Å². The van der Waals surface area contributed by atoms with Crippen LogP contribution in [0.2, 0.25) is 5.02 Å². The van der Waals surface area contributed by atoms with Crippen molar-refractivity contribution in [2.75, 3.05) is 26.3 Å². The zero-order valence-corrected chi connectivity index (χ0v) is 18.3. The number of carbonyl (C=O) groups is 2. The van der Waals surface area contributed by atoms with E-state index < -0.39 is 0 Å². The van der Waals surface area contributed by atoms with Crippen molar-refractivity contribution < 1.29 is 19.1 Å². The van der Waals surface area contributed by atoms with Gasteiger partial charge in [0.2, 0.25) is 5.91 Å². The summed E-state index contributed by atoms with van der Waals surface area (Å²) >= 11 is 5.81. The number of halogens is 1. The number of hydrogen-bond acceptors (Lipinski definition) is 4. The van der Waals surface area contributed by atoms with Gasteiger partial charge in [-0.1, -0.05) is 17.7 Å². The zero-order valence-electron chi connectivity index (χ0n) is 17.5. The van der Waals surface area contributed by atoms with E-state index in [2.05, 4.69) is 10.6 Å². The first-order valence-corrected chi connectivity index (χ1v) is 10.6. The number of benzene rings is 2. The molecular weight excluding hydrogens is 404 g/mol. The van der Waals surface area contributed by atoms with Gasteiger partial charge in [0.15, 0.2) is 11.5 Å². The molecule has 6 nitrogen and oxygen atoms in total. The molecule has 0 aliphatic carbocycles. The van der Waals surface area contributed by atoms with Crippen LogP contribution in [0.15, 0.2) is 42.5 Å². The molecular formula is C23H29ClN2O4. The number of ether oxygens (including phenoxy) is 2. The van der Waals surface area contributed by atoms with Gasteiger partial charge in [-0.2, -0.15) is 0 Å². The molecule has 0 fully saturated rings. The summed E-state index contributed by atoms with van der Waals surface area (Å²) in [5.74, 6) is 1.24. The van der Waals surface area contributed by atoms with Gasteiger partial charge < -0.3 is 20.1 Å². The highest BCUT2D eigenvalue weighted by molar-refractivity contribution is 6.30. The smallest absolute Gasteiger partial charge is 0.251 e. The van der Waals surface area contributed by atoms with Crippen molar-refractivity contribution in [2.45, 2.75) is 33.1 Å². The summed E-state index contributed by atoms with van der Waals surface area (Å²) in [5, 5.41) is 6.30. The van der Waals surface area contributed by atoms with Gasteiger partial charge in [0.05, 0.1) is 13.2 Å². The summed E-state index contributed by atoms with van der Waals surface area (Å²) < 4.78 is 11.2. The molecule has 7 heteroatoms. The lowest BCUT2D eigenvalue weighted by molar-refractivity contribution is -0.121. The minimum Gasteiger partial charge on any atom is -0.490 e. The lowest BCUT2D eigenvalue weighted by Crippen LogP contribution is -2.28. The average molecular weight is 433 g/mol. The molecule has 162 valence electrons. The maximum Gasteiger partial charge on any atom is 0.251 e. The molecule has 0 heterocycles. The Balaban J connectivity index is 1.66. The fourth-order valence-corrected chi connectivity index (χ4v) is 2.97. The van der Waals surface area contributed by atoms with E-state index in [0.717, 1.165) is 17.1 Å². The van der Waals surface area contributed by atoms with Gasteiger partial charge in [-0.25, -0.2) is 0 Å². The second-order valence-corrected chi connectivity index (χ2v) is 7.05. The Morgan fingerprint density at radius 2 is 1.60 bits per heavy atom. The van der Waals surface area contributed by atoms with Crippen LogP contribution in [0.25, 0.3) is 0 Å². The third-order valence-corrected chi connectivity index (χ3v) is 4.57. The fraction of sp³-hybridized carbons (Fsp3) is 0.391. The van der Waals surface area contributed by atoms with E-state index in [1.807, 2.05) is 32.0 Å². The van der Waals surface area contributed by atoms with Crippen LogP contribution in [0.1, 0.15) is 42.6 Å². The Bertz CT molecular complexity index is 824. The minimum absolute atomic E-state index is 0.0355. The molecule has 0 saturated carbocycles. The molecule has 2 aromatic rings. The summed E-state index contributed by atoms with van der Waals surface area (Å²) in [6.07, 6.45) is 1.63. The van der Waals surface area contributed by atoms with E-state index in [4.69, 9.17) is 21.1 Å². The second-order valence-electron chi connectivity index (χ2n) is 6.61. The molecule has 0 bridgehead atoms. The van der Waals surface area contributed by atoms with Gasteiger partial charge in [-0.15, -0.1) is 0 Å². The molecule has 2 amide bonds. The van der Waals surface area contributed by atoms with Crippen molar-refractivity contribution in [2.24, 2.45) is 0 Å². The van der Waals surface area contributed by atoms with Crippen LogP contribution in [-0.4, -0.2) is 38.1 Å². The highest BCUT2D eigenvalue weighted by Crippen LogP contribution is 2.28. The predicted molar refractivity (Wildman–Crippen MR) is 119 cm³/mol. The normalized spacial score (nSPS) is 10.4. The second kappa shape index (κ2) is 12.8. The Kier molecular flexibility index (Phi) is 10.0. The Morgan fingerprint density at radius 3 is 2.30 bits per heavy atom. The van der Waals surface area contributed by atoms with Gasteiger partial charge in [-0.3, -0.25) is 9.59 Å². The van der Waals surface area contributed by atoms with Crippen LogP contribution < -0.4 is 20.1 Å². The SMILES string of the molecule is CCOc1ccc(CCNC(=O)CCCNC(=O)c2ccc(Cl)cc2)cc1OCC. The highest BCUT2D eigenvalue weighted by atomic mass is 35.5. The molecule has 0 aromatic heterocycles. The Hall–Kier alpha value is -2.73. The predicted octanol–water partition coefficient (Wildman–Crippen LogP) is 4.01. The van der Waals surface area contributed by atoms with Gasteiger partial charge in [0.25, 0.3) is 5.91 Å². The van der Waals surface area contributed by atoms with Crippen molar-refractivity contribution in [3.63, 3.8) is 0 Å². The first-order valence-electron chi connectivity index (χ1n) is 10.2. The lowest BCUT2D eigenvalue weighted by atomic mass is 10.1. The summed E-state index contributed by atoms with van der Waals surface area (Å²) in [6.45, 7) is 5.98. The molecule has 0 spiro atoms. The molecule has 0 unspecified atom stereocenters. The number of carbonyl (C=O) groups excluding carboxylic acids is 2. The van der Waals surface area contributed by atoms with Crippen molar-refractivity contribution in [3.8, 4) is 11.5 Å². The van der Waals surface area contributed by atoms with Crippen molar-refractivity contribution in [1.82, 2.24) is 10.6 Å². The van der Waals surface area contributed by atoms with Crippen LogP contribution in [-0.2, 0) is 11.2 Å². The third-order valence-electron chi connectivity index (χ3n) is 4.32. The average Bonchev–Trinajstić information content (AvgIpc) is 2.73. The van der Waals surface area contributed by atoms with Crippen molar-refractivity contribution in [1.29, 1.82) is 0 Å². The minimum atomic E-state index is -0.173. The van der Waals surface area contributed by atoms with E-state index in [1.54, 1.807) is 24.3 Å². The summed E-state index contributed by atoms with van der Waals surface area (Å²) in [5.41, 5.74) is 1.61. The lowest BCUT2D eigenvalue weighted by Gasteiger charge is -2.12. The first kappa shape index (κ1) is 23.5. The molecule has 2 N–H and O–H groups in total. The van der Waals surface area contributed by atoms with Crippen LogP contribution in [0, 0.1) is 0 Å². The van der Waals surface area contributed by atoms with Crippen LogP contribution in [0.5, 0.6) is 11.5 Å². The number of nitrogens with one attached hydrogen (secondary N) is 2. The Labute approximate surface area is 182 Å². The Morgan fingerprint density at radius 1 is 0.900 bits per heavy atom. The van der Waals surface area contributed by atoms with Crippen LogP contribution in [0.3, 0.4) is 0 Å². The van der Waals surface area contributed by atoms with Gasteiger partial charge in [-0.05, 0) is 68.7 Å². The fourth-order valence-electron chi connectivity index (χ4n) is 2.84. The third kappa shape index (κ3) is 7.95. The van der Waals surface area contributed by atoms with Gasteiger partial charge >= 0.3 is 0 Å². The number of amides is 2. The molecule has 0 radical (unpaired) electrons. The van der Waals surface area contributed by atoms with E-state index >= 15 is 0 Å². The molecule has 0 saturated heterocycles. The van der Waals surface area contributed by atoms with Crippen LogP contribution >= 0.6 is 11.6 Å². The van der Waals surface area contributed by atoms with E-state index in [0.29, 0.717) is 56.2 Å². The number of hydrogen-bond donors (Lipinski definition) is 2. The standard InChI is InChI=1S/C23H29ClN2O4/c1-3-29-20-12-7-17(16-21(20)30-4-2)13-15-25-22(27)6-5-14-26-23(28)18-8-10-19(24)11-9-18/h7-12,16H,3-6,13-15H2,1-2H3,(H,25,27)(H,26,28). The largest absolute Gasteiger partial charge is 0.490 e. The molecule has 0 aliphatic heterocycles. The van der Waals surface area contributed by atoms with Gasteiger partial charge in [0.1, 0.15) is 0 Å². The quantitative estimate of drug-likeness (QED) is 0.497. The molecule has 0 atom stereocenters. The summed E-state index contributed by atoms with van der Waals surface area (Å²) in [7, 11) is 0. The zero-order chi connectivity index (χ0) is 21.8. The van der Waals surface area contributed by atoms with Crippen LogP contribution in [0.4, 0.5) is 0 Å². The number of rotatable bonds is 12. The topological polar surface area (TPSA) is 76.7 Å². The first-order chi connectivity index (χ1) is 14.5. The monoisotopic (exact) mass is 432 g/mol. The van der Waals surface area contributed by atoms with Crippen molar-refractivity contribution >= 4 is 23.4 Å². The van der Waals surface area contributed by atoms with E-state index in [-0.39, 0.29) is 11.8 Å². The molecule has 2 aromatic carbocycles. The molecule has 2 rings (SSSR count). The maximum atomic E-state index is 12.0. The van der Waals surface area contributed by atoms with E-state index in [1.165, 1.54) is 0 Å². The molecule has 0 aliphatic rings. The van der Waals surface area contributed by atoms with Crippen molar-refractivity contribution in [3.05, 3.63) is 58.6 Å². The highest BCUT2D eigenvalue weighted by Gasteiger charge is 2.08. The molecule has 30 heavy (non-hydrogen) atoms.